The summed E-state index contributed by atoms with van der Waals surface area (Å²) < 4.78 is 4.58. The van der Waals surface area contributed by atoms with Gasteiger partial charge >= 0.3 is 0 Å². The fourth-order valence-electron chi connectivity index (χ4n) is 1.08. The molecule has 72 valence electrons. The van der Waals surface area contributed by atoms with Crippen LogP contribution in [0, 0.1) is 0 Å². The van der Waals surface area contributed by atoms with Crippen molar-refractivity contribution in [1.29, 1.82) is 0 Å². The van der Waals surface area contributed by atoms with Crippen LogP contribution in [0.25, 0.3) is 0 Å². The molecule has 1 saturated heterocycles. The van der Waals surface area contributed by atoms with Crippen molar-refractivity contribution in [2.75, 3.05) is 6.61 Å². The van der Waals surface area contributed by atoms with E-state index < -0.39 is 37.3 Å². The summed E-state index contributed by atoms with van der Waals surface area (Å²) in [5.74, 6) is 0. The molecule has 1 heterocycles. The second-order valence-electron chi connectivity index (χ2n) is 2.72. The van der Waals surface area contributed by atoms with Gasteiger partial charge in [-0.3, -0.25) is 0 Å². The van der Waals surface area contributed by atoms with Gasteiger partial charge in [0.25, 0.3) is 0 Å². The van der Waals surface area contributed by atoms with Gasteiger partial charge in [0.15, 0.2) is 6.29 Å². The molecular weight excluding hydrogens is 174 g/mol. The quantitative estimate of drug-likeness (QED) is 0.275. The largest absolute Gasteiger partial charge is 0.394 e. The molecule has 0 radical (unpaired) electrons. The fourth-order valence-corrected chi connectivity index (χ4v) is 1.08. The lowest BCUT2D eigenvalue weighted by Gasteiger charge is -2.37. The number of ether oxygens (including phenoxy) is 1. The minimum atomic E-state index is -1.57. The van der Waals surface area contributed by atoms with E-state index in [0.717, 1.165) is 0 Å². The van der Waals surface area contributed by atoms with Crippen LogP contribution in [0.3, 0.4) is 0 Å². The van der Waals surface area contributed by atoms with Gasteiger partial charge in [-0.25, -0.2) is 0 Å². The highest BCUT2D eigenvalue weighted by Crippen LogP contribution is 2.18. The summed E-state index contributed by atoms with van der Waals surface area (Å²) in [4.78, 5) is 0. The molecule has 6 nitrogen and oxygen atoms in total. The number of hydrogen-bond acceptors (Lipinski definition) is 6. The van der Waals surface area contributed by atoms with E-state index in [1.165, 1.54) is 0 Å². The van der Waals surface area contributed by atoms with Crippen LogP contribution < -0.4 is 0 Å². The minimum absolute atomic E-state index is 0.526. The SMILES string of the molecule is O[13CH2][13C@H]1O[13C@H](O)[13C@H](O)[13C@@H](O)[13C@@H]1O. The average molecular weight is 186 g/mol. The first kappa shape index (κ1) is 9.85. The standard InChI is InChI=1S/C6H12O6/c7-1-2-3(8)4(9)5(10)6(11)12-2/h2-11H,1H2/t2-,3-,4+,5-,6+/m1/s1/i1+1,2+1,3+1,4+1,5+1,6+1. The first-order valence-corrected chi connectivity index (χ1v) is 3.56. The Bertz CT molecular complexity index is 146. The molecule has 0 unspecified atom stereocenters. The molecule has 0 aromatic heterocycles. The molecule has 0 saturated carbocycles. The lowest BCUT2D eigenvalue weighted by atomic mass is 10.9. The van der Waals surface area contributed by atoms with Crippen LogP contribution in [0.5, 0.6) is 0 Å². The maximum Gasteiger partial charge on any atom is 0.184 e. The van der Waals surface area contributed by atoms with E-state index in [2.05, 4.69) is 4.74 Å². The van der Waals surface area contributed by atoms with E-state index in [9.17, 15) is 0 Å². The molecule has 0 amide bonds. The zero-order chi connectivity index (χ0) is 9.30. The normalized spacial score (nSPS) is 49.2. The van der Waals surface area contributed by atoms with E-state index in [-0.39, 0.29) is 0 Å². The van der Waals surface area contributed by atoms with E-state index in [0.29, 0.717) is 0 Å². The van der Waals surface area contributed by atoms with Crippen LogP contribution in [0.2, 0.25) is 0 Å². The van der Waals surface area contributed by atoms with Gasteiger partial charge < -0.3 is 30.3 Å². The molecule has 1 fully saturated rings. The maximum atomic E-state index is 9.12. The van der Waals surface area contributed by atoms with Crippen LogP contribution in [-0.2, 0) is 4.74 Å². The summed E-state index contributed by atoms with van der Waals surface area (Å²) in [5, 5.41) is 44.7. The molecule has 12 heavy (non-hydrogen) atoms. The summed E-state index contributed by atoms with van der Waals surface area (Å²) in [6.07, 6.45) is -7.04. The second-order valence-corrected chi connectivity index (χ2v) is 2.72. The van der Waals surface area contributed by atoms with Crippen molar-refractivity contribution in [2.45, 2.75) is 30.7 Å². The molecule has 5 N–H and O–H groups in total. The molecule has 0 aliphatic carbocycles. The third kappa shape index (κ3) is 1.58. The summed E-state index contributed by atoms with van der Waals surface area (Å²) in [6.45, 7) is -0.526. The zero-order valence-electron chi connectivity index (χ0n) is 6.24. The zero-order valence-corrected chi connectivity index (χ0v) is 6.24. The number of aliphatic hydroxyl groups excluding tert-OH is 5. The van der Waals surface area contributed by atoms with Crippen LogP contribution in [0.4, 0.5) is 0 Å². The van der Waals surface area contributed by atoms with Gasteiger partial charge in [0, 0.05) is 0 Å². The van der Waals surface area contributed by atoms with Crippen molar-refractivity contribution in [3.05, 3.63) is 0 Å². The topological polar surface area (TPSA) is 110 Å². The summed E-state index contributed by atoms with van der Waals surface area (Å²) in [5.41, 5.74) is 0. The van der Waals surface area contributed by atoms with Crippen molar-refractivity contribution in [3.63, 3.8) is 0 Å². The first-order chi connectivity index (χ1) is 5.57. The van der Waals surface area contributed by atoms with Gasteiger partial charge in [-0.1, -0.05) is 0 Å². The highest BCUT2D eigenvalue weighted by Gasteiger charge is 2.42. The number of aliphatic hydroxyl groups is 5. The molecule has 6 heteroatoms. The second kappa shape index (κ2) is 3.65. The summed E-state index contributed by atoms with van der Waals surface area (Å²) >= 11 is 0. The molecule has 1 rings (SSSR count). The number of rotatable bonds is 1. The molecule has 1 aliphatic rings. The van der Waals surface area contributed by atoms with Crippen LogP contribution in [0.15, 0.2) is 0 Å². The monoisotopic (exact) mass is 186 g/mol. The Morgan fingerprint density at radius 2 is 1.50 bits per heavy atom. The van der Waals surface area contributed by atoms with E-state index in [1.807, 2.05) is 0 Å². The van der Waals surface area contributed by atoms with Gasteiger partial charge in [-0.15, -0.1) is 0 Å². The Kier molecular flexibility index (Phi) is 2.99. The fraction of sp³-hybridized carbons (Fsp3) is 1.00. The Morgan fingerprint density at radius 3 is 2.00 bits per heavy atom. The molecule has 5 atom stereocenters. The van der Waals surface area contributed by atoms with Crippen LogP contribution >= 0.6 is 0 Å². The Hall–Kier alpha value is -0.240. The lowest BCUT2D eigenvalue weighted by molar-refractivity contribution is -0.286. The minimum Gasteiger partial charge on any atom is -0.394 e. The molecule has 0 aromatic rings. The lowest BCUT2D eigenvalue weighted by Crippen LogP contribution is -2.58. The summed E-state index contributed by atoms with van der Waals surface area (Å²) in [6, 6.07) is 0. The van der Waals surface area contributed by atoms with Crippen molar-refractivity contribution < 1.29 is 30.3 Å². The summed E-state index contributed by atoms with van der Waals surface area (Å²) in [7, 11) is 0. The van der Waals surface area contributed by atoms with E-state index in [1.54, 1.807) is 0 Å². The first-order valence-electron chi connectivity index (χ1n) is 3.56. The van der Waals surface area contributed by atoms with Gasteiger partial charge in [-0.05, 0) is 0 Å². The number of hydrogen-bond donors (Lipinski definition) is 5. The third-order valence-corrected chi connectivity index (χ3v) is 1.87. The van der Waals surface area contributed by atoms with Crippen molar-refractivity contribution in [2.24, 2.45) is 0 Å². The van der Waals surface area contributed by atoms with Crippen molar-refractivity contribution in [3.8, 4) is 0 Å². The Balaban J connectivity index is 2.63. The molecular formula is C6H12O6. The predicted octanol–water partition coefficient (Wildman–Crippen LogP) is -3.22. The Morgan fingerprint density at radius 1 is 0.917 bits per heavy atom. The van der Waals surface area contributed by atoms with Gasteiger partial charge in [0.1, 0.15) is 24.4 Å². The van der Waals surface area contributed by atoms with Gasteiger partial charge in [-0.2, -0.15) is 0 Å². The highest BCUT2D eigenvalue weighted by molar-refractivity contribution is 4.87. The average Bonchev–Trinajstić information content (AvgIpc) is 2.08. The van der Waals surface area contributed by atoms with Crippen molar-refractivity contribution >= 4 is 0 Å². The Labute approximate surface area is 68.6 Å². The highest BCUT2D eigenvalue weighted by atomic mass is 16.8. The third-order valence-electron chi connectivity index (χ3n) is 1.87. The predicted molar refractivity (Wildman–Crippen MR) is 36.0 cm³/mol. The van der Waals surface area contributed by atoms with Crippen LogP contribution in [-0.4, -0.2) is 62.8 Å². The molecule has 0 aromatic carbocycles. The van der Waals surface area contributed by atoms with Crippen molar-refractivity contribution in [1.82, 2.24) is 0 Å². The molecule has 1 aliphatic heterocycles. The van der Waals surface area contributed by atoms with E-state index in [4.69, 9.17) is 25.5 Å². The van der Waals surface area contributed by atoms with Gasteiger partial charge in [0.2, 0.25) is 0 Å². The smallest absolute Gasteiger partial charge is 0.184 e. The van der Waals surface area contributed by atoms with E-state index >= 15 is 0 Å². The maximum absolute atomic E-state index is 9.12. The van der Waals surface area contributed by atoms with Crippen LogP contribution in [0.1, 0.15) is 0 Å². The molecule has 0 bridgehead atoms. The van der Waals surface area contributed by atoms with Gasteiger partial charge in [0.05, 0.1) is 6.61 Å². The molecule has 0 spiro atoms.